The summed E-state index contributed by atoms with van der Waals surface area (Å²) < 4.78 is 67.0. The van der Waals surface area contributed by atoms with Crippen LogP contribution in [0.3, 0.4) is 0 Å². The lowest BCUT2D eigenvalue weighted by Crippen LogP contribution is -2.38. The predicted octanol–water partition coefficient (Wildman–Crippen LogP) is 0.622. The molecule has 98 valence electrons. The standard InChI is InChI=1S/C9H12F2O5S/c10-7-1-5(15-3-6-4-16-6)2-8(11)9(7)17(12,13)14/h1,5-6,8-9H,2-4H2,(H,12,13,14). The average Bonchev–Trinajstić information content (AvgIpc) is 2.94. The Hall–Kier alpha value is -0.570. The molecule has 5 nitrogen and oxygen atoms in total. The van der Waals surface area contributed by atoms with E-state index in [1.807, 2.05) is 0 Å². The van der Waals surface area contributed by atoms with E-state index in [-0.39, 0.29) is 19.1 Å². The van der Waals surface area contributed by atoms with E-state index in [1.165, 1.54) is 0 Å². The Morgan fingerprint density at radius 2 is 2.24 bits per heavy atom. The SMILES string of the molecule is O=S(=O)(O)C1C(F)=CC(OCC2CO2)CC1F. The van der Waals surface area contributed by atoms with E-state index in [2.05, 4.69) is 0 Å². The van der Waals surface area contributed by atoms with E-state index >= 15 is 0 Å². The lowest BCUT2D eigenvalue weighted by Gasteiger charge is -2.26. The van der Waals surface area contributed by atoms with Crippen molar-refractivity contribution >= 4 is 10.1 Å². The molecule has 1 fully saturated rings. The highest BCUT2D eigenvalue weighted by atomic mass is 32.2. The zero-order valence-corrected chi connectivity index (χ0v) is 9.57. The lowest BCUT2D eigenvalue weighted by molar-refractivity contribution is 0.0428. The van der Waals surface area contributed by atoms with Gasteiger partial charge in [0.15, 0.2) is 5.25 Å². The molecule has 1 saturated heterocycles. The Bertz CT molecular complexity index is 417. The second kappa shape index (κ2) is 4.60. The number of ether oxygens (including phenoxy) is 2. The van der Waals surface area contributed by atoms with Gasteiger partial charge in [-0.15, -0.1) is 0 Å². The molecule has 17 heavy (non-hydrogen) atoms. The summed E-state index contributed by atoms with van der Waals surface area (Å²) >= 11 is 0. The third-order valence-corrected chi connectivity index (χ3v) is 3.78. The van der Waals surface area contributed by atoms with E-state index < -0.39 is 33.5 Å². The van der Waals surface area contributed by atoms with Gasteiger partial charge in [0.1, 0.15) is 18.1 Å². The van der Waals surface area contributed by atoms with Crippen molar-refractivity contribution in [1.82, 2.24) is 0 Å². The van der Waals surface area contributed by atoms with Gasteiger partial charge in [-0.25, -0.2) is 8.78 Å². The number of rotatable bonds is 4. The highest BCUT2D eigenvalue weighted by molar-refractivity contribution is 7.86. The fourth-order valence-electron chi connectivity index (χ4n) is 1.70. The van der Waals surface area contributed by atoms with Crippen molar-refractivity contribution in [3.05, 3.63) is 11.9 Å². The summed E-state index contributed by atoms with van der Waals surface area (Å²) in [5, 5.41) is -2.13. The first-order valence-electron chi connectivity index (χ1n) is 5.08. The smallest absolute Gasteiger partial charge is 0.277 e. The van der Waals surface area contributed by atoms with Gasteiger partial charge in [-0.05, 0) is 6.08 Å². The van der Waals surface area contributed by atoms with Crippen molar-refractivity contribution in [2.45, 2.75) is 30.1 Å². The largest absolute Gasteiger partial charge is 0.371 e. The molecule has 0 aromatic rings. The zero-order valence-electron chi connectivity index (χ0n) is 8.75. The lowest BCUT2D eigenvalue weighted by atomic mass is 10.0. The van der Waals surface area contributed by atoms with Crippen LogP contribution in [0.4, 0.5) is 8.78 Å². The molecule has 0 spiro atoms. The van der Waals surface area contributed by atoms with Gasteiger partial charge >= 0.3 is 0 Å². The molecule has 0 saturated carbocycles. The van der Waals surface area contributed by atoms with Gasteiger partial charge in [-0.1, -0.05) is 0 Å². The van der Waals surface area contributed by atoms with Gasteiger partial charge in [-0.2, -0.15) is 8.42 Å². The van der Waals surface area contributed by atoms with Crippen molar-refractivity contribution in [3.8, 4) is 0 Å². The van der Waals surface area contributed by atoms with Gasteiger partial charge in [0.25, 0.3) is 10.1 Å². The Morgan fingerprint density at radius 1 is 1.59 bits per heavy atom. The molecule has 0 radical (unpaired) electrons. The fraction of sp³-hybridized carbons (Fsp3) is 0.778. The van der Waals surface area contributed by atoms with Gasteiger partial charge < -0.3 is 9.47 Å². The van der Waals surface area contributed by atoms with Crippen LogP contribution in [-0.2, 0) is 19.6 Å². The minimum absolute atomic E-state index is 0.0381. The Labute approximate surface area is 97.1 Å². The molecule has 4 unspecified atom stereocenters. The molecule has 0 amide bonds. The van der Waals surface area contributed by atoms with Gasteiger partial charge in [0.2, 0.25) is 0 Å². The normalized spacial score (nSPS) is 37.7. The first-order valence-corrected chi connectivity index (χ1v) is 6.59. The Kier molecular flexibility index (Phi) is 3.48. The number of epoxide rings is 1. The summed E-state index contributed by atoms with van der Waals surface area (Å²) in [6, 6.07) is 0. The van der Waals surface area contributed by atoms with Gasteiger partial charge in [0.05, 0.1) is 19.3 Å². The highest BCUT2D eigenvalue weighted by Crippen LogP contribution is 2.29. The minimum atomic E-state index is -4.77. The van der Waals surface area contributed by atoms with E-state index in [0.29, 0.717) is 6.61 Å². The zero-order chi connectivity index (χ0) is 12.6. The summed E-state index contributed by atoms with van der Waals surface area (Å²) in [4.78, 5) is 0. The van der Waals surface area contributed by atoms with Crippen molar-refractivity contribution < 1.29 is 31.2 Å². The molecule has 2 aliphatic rings. The molecule has 0 bridgehead atoms. The second-order valence-electron chi connectivity index (χ2n) is 4.07. The number of alkyl halides is 1. The predicted molar refractivity (Wildman–Crippen MR) is 53.5 cm³/mol. The van der Waals surface area contributed by atoms with Crippen molar-refractivity contribution in [2.24, 2.45) is 0 Å². The minimum Gasteiger partial charge on any atom is -0.371 e. The van der Waals surface area contributed by atoms with Gasteiger partial charge in [0, 0.05) is 6.42 Å². The number of halogens is 2. The molecular formula is C9H12F2O5S. The van der Waals surface area contributed by atoms with E-state index in [1.54, 1.807) is 0 Å². The highest BCUT2D eigenvalue weighted by Gasteiger charge is 2.42. The molecule has 4 atom stereocenters. The monoisotopic (exact) mass is 270 g/mol. The van der Waals surface area contributed by atoms with Crippen LogP contribution >= 0.6 is 0 Å². The van der Waals surface area contributed by atoms with Crippen LogP contribution in [0.5, 0.6) is 0 Å². The third-order valence-electron chi connectivity index (χ3n) is 2.62. The van der Waals surface area contributed by atoms with Crippen LogP contribution in [0.15, 0.2) is 11.9 Å². The summed E-state index contributed by atoms with van der Waals surface area (Å²) in [5.74, 6) is -1.21. The van der Waals surface area contributed by atoms with Crippen molar-refractivity contribution in [1.29, 1.82) is 0 Å². The maximum atomic E-state index is 13.5. The molecule has 0 aromatic heterocycles. The molecule has 1 aliphatic carbocycles. The van der Waals surface area contributed by atoms with Crippen LogP contribution in [0, 0.1) is 0 Å². The van der Waals surface area contributed by atoms with Crippen LogP contribution in [0.1, 0.15) is 6.42 Å². The molecular weight excluding hydrogens is 258 g/mol. The van der Waals surface area contributed by atoms with Crippen LogP contribution < -0.4 is 0 Å². The van der Waals surface area contributed by atoms with E-state index in [9.17, 15) is 17.2 Å². The fourth-order valence-corrected chi connectivity index (χ4v) is 2.55. The molecule has 0 aromatic carbocycles. The van der Waals surface area contributed by atoms with Gasteiger partial charge in [-0.3, -0.25) is 4.55 Å². The Balaban J connectivity index is 2.03. The summed E-state index contributed by atoms with van der Waals surface area (Å²) in [5.41, 5.74) is 0. The van der Waals surface area contributed by atoms with Crippen molar-refractivity contribution in [3.63, 3.8) is 0 Å². The molecule has 1 heterocycles. The quantitative estimate of drug-likeness (QED) is 0.598. The molecule has 1 aliphatic heterocycles. The van der Waals surface area contributed by atoms with Crippen LogP contribution in [0.2, 0.25) is 0 Å². The Morgan fingerprint density at radius 3 is 2.71 bits per heavy atom. The van der Waals surface area contributed by atoms with Crippen molar-refractivity contribution in [2.75, 3.05) is 13.2 Å². The maximum Gasteiger partial charge on any atom is 0.277 e. The number of hydrogen-bond acceptors (Lipinski definition) is 4. The second-order valence-corrected chi connectivity index (χ2v) is 5.60. The van der Waals surface area contributed by atoms with Crippen LogP contribution in [-0.4, -0.2) is 49.8 Å². The topological polar surface area (TPSA) is 76.1 Å². The van der Waals surface area contributed by atoms with Crippen LogP contribution in [0.25, 0.3) is 0 Å². The summed E-state index contributed by atoms with van der Waals surface area (Å²) in [7, 11) is -4.77. The number of hydrogen-bond donors (Lipinski definition) is 1. The maximum absolute atomic E-state index is 13.5. The average molecular weight is 270 g/mol. The first-order chi connectivity index (χ1) is 7.88. The molecule has 2 rings (SSSR count). The molecule has 1 N–H and O–H groups in total. The van der Waals surface area contributed by atoms with E-state index in [4.69, 9.17) is 14.0 Å². The summed E-state index contributed by atoms with van der Waals surface area (Å²) in [6.45, 7) is 0.781. The van der Waals surface area contributed by atoms with E-state index in [0.717, 1.165) is 6.08 Å². The summed E-state index contributed by atoms with van der Waals surface area (Å²) in [6.07, 6.45) is -2.29. The molecule has 8 heteroatoms. The first kappa shape index (κ1) is 12.9. The third kappa shape index (κ3) is 3.21.